The quantitative estimate of drug-likeness (QED) is 0.447. The lowest BCUT2D eigenvalue weighted by atomic mass is 9.83. The van der Waals surface area contributed by atoms with E-state index in [1.165, 1.54) is 0 Å². The van der Waals surface area contributed by atoms with E-state index < -0.39 is 17.9 Å². The van der Waals surface area contributed by atoms with Gasteiger partial charge in [-0.1, -0.05) is 37.6 Å². The molecule has 3 N–H and O–H groups in total. The molecule has 3 atom stereocenters. The van der Waals surface area contributed by atoms with Gasteiger partial charge >= 0.3 is 5.97 Å². The van der Waals surface area contributed by atoms with E-state index in [1.54, 1.807) is 12.0 Å². The van der Waals surface area contributed by atoms with Crippen molar-refractivity contribution in [2.45, 2.75) is 38.1 Å². The Morgan fingerprint density at radius 1 is 1.16 bits per heavy atom. The highest BCUT2D eigenvalue weighted by molar-refractivity contribution is 5.79. The summed E-state index contributed by atoms with van der Waals surface area (Å²) in [7, 11) is 1.61. The standard InChI is InChI=1S/C28H37N3O6/c1-3-4-12-30(13-11-29)26(32)17-31-16-21(19-9-10-24-25(15-19)37-18-36-24)27(28(33)34)22(31)14-20-7-5-6-8-23(20)35-2/h5-10,15,21-22,27H,3-4,11-14,16-18,29H2,1-2H3,(H,33,34). The van der Waals surface area contributed by atoms with Gasteiger partial charge in [-0.25, -0.2) is 0 Å². The maximum atomic E-state index is 13.4. The third-order valence-electron chi connectivity index (χ3n) is 7.35. The zero-order chi connectivity index (χ0) is 26.4. The Bertz CT molecular complexity index is 1090. The number of carbonyl (C=O) groups is 2. The number of carboxylic acid groups (broad SMARTS) is 1. The van der Waals surface area contributed by atoms with Gasteiger partial charge in [0.05, 0.1) is 19.6 Å². The molecule has 0 spiro atoms. The number of carbonyl (C=O) groups excluding carboxylic acids is 1. The zero-order valence-corrected chi connectivity index (χ0v) is 21.6. The predicted octanol–water partition coefficient (Wildman–Crippen LogP) is 2.72. The first-order valence-electron chi connectivity index (χ1n) is 12.9. The molecule has 4 rings (SSSR count). The van der Waals surface area contributed by atoms with Crippen LogP contribution in [0.15, 0.2) is 42.5 Å². The summed E-state index contributed by atoms with van der Waals surface area (Å²) < 4.78 is 16.6. The highest BCUT2D eigenvalue weighted by Gasteiger charge is 2.47. The molecule has 9 nitrogen and oxygen atoms in total. The molecule has 0 aliphatic carbocycles. The van der Waals surface area contributed by atoms with E-state index in [-0.39, 0.29) is 25.2 Å². The van der Waals surface area contributed by atoms with Crippen LogP contribution in [0.5, 0.6) is 17.2 Å². The Morgan fingerprint density at radius 2 is 1.95 bits per heavy atom. The number of unbranched alkanes of at least 4 members (excludes halogenated alkanes) is 1. The monoisotopic (exact) mass is 511 g/mol. The van der Waals surface area contributed by atoms with Gasteiger partial charge in [0.15, 0.2) is 11.5 Å². The van der Waals surface area contributed by atoms with Gasteiger partial charge in [0.25, 0.3) is 0 Å². The van der Waals surface area contributed by atoms with Crippen LogP contribution >= 0.6 is 0 Å². The highest BCUT2D eigenvalue weighted by Crippen LogP contribution is 2.43. The van der Waals surface area contributed by atoms with Gasteiger partial charge in [-0.05, 0) is 42.2 Å². The average molecular weight is 512 g/mol. The number of nitrogens with two attached hydrogens (primary N) is 1. The molecule has 37 heavy (non-hydrogen) atoms. The summed E-state index contributed by atoms with van der Waals surface area (Å²) in [6, 6.07) is 12.8. The van der Waals surface area contributed by atoms with Crippen LogP contribution in [0, 0.1) is 5.92 Å². The summed E-state index contributed by atoms with van der Waals surface area (Å²) in [4.78, 5) is 30.0. The summed E-state index contributed by atoms with van der Waals surface area (Å²) >= 11 is 0. The molecule has 3 unspecified atom stereocenters. The fourth-order valence-electron chi connectivity index (χ4n) is 5.46. The lowest BCUT2D eigenvalue weighted by molar-refractivity contribution is -0.143. The van der Waals surface area contributed by atoms with Crippen molar-refractivity contribution in [3.8, 4) is 17.2 Å². The van der Waals surface area contributed by atoms with E-state index >= 15 is 0 Å². The Morgan fingerprint density at radius 3 is 2.68 bits per heavy atom. The molecule has 0 bridgehead atoms. The zero-order valence-electron chi connectivity index (χ0n) is 21.6. The van der Waals surface area contributed by atoms with Crippen molar-refractivity contribution in [1.29, 1.82) is 0 Å². The number of likely N-dealkylation sites (tertiary alicyclic amines) is 1. The van der Waals surface area contributed by atoms with Crippen LogP contribution in [0.2, 0.25) is 0 Å². The lowest BCUT2D eigenvalue weighted by Gasteiger charge is -2.30. The van der Waals surface area contributed by atoms with Gasteiger partial charge in [0, 0.05) is 38.1 Å². The fraction of sp³-hybridized carbons (Fsp3) is 0.500. The second-order valence-corrected chi connectivity index (χ2v) is 9.62. The van der Waals surface area contributed by atoms with Crippen molar-refractivity contribution in [3.05, 3.63) is 53.6 Å². The largest absolute Gasteiger partial charge is 0.496 e. The summed E-state index contributed by atoms with van der Waals surface area (Å²) in [6.45, 7) is 4.32. The molecule has 0 radical (unpaired) electrons. The molecule has 1 saturated heterocycles. The normalized spacial score (nSPS) is 20.7. The predicted molar refractivity (Wildman–Crippen MR) is 139 cm³/mol. The van der Waals surface area contributed by atoms with Crippen molar-refractivity contribution in [3.63, 3.8) is 0 Å². The van der Waals surface area contributed by atoms with E-state index in [2.05, 4.69) is 6.92 Å². The number of amides is 1. The molecule has 0 saturated carbocycles. The number of hydrogen-bond acceptors (Lipinski definition) is 7. The minimum Gasteiger partial charge on any atom is -0.496 e. The fourth-order valence-corrected chi connectivity index (χ4v) is 5.46. The van der Waals surface area contributed by atoms with Gasteiger partial charge in [0.1, 0.15) is 5.75 Å². The first-order chi connectivity index (χ1) is 18.0. The Kier molecular flexibility index (Phi) is 8.89. The molecule has 2 aromatic rings. The molecule has 1 fully saturated rings. The second kappa shape index (κ2) is 12.3. The SMILES string of the molecule is CCCCN(CCN)C(=O)CN1CC(c2ccc3c(c2)OCO3)C(C(=O)O)C1Cc1ccccc1OC. The minimum absolute atomic E-state index is 0.0283. The summed E-state index contributed by atoms with van der Waals surface area (Å²) in [5, 5.41) is 10.4. The van der Waals surface area contributed by atoms with Crippen molar-refractivity contribution < 1.29 is 28.9 Å². The molecular weight excluding hydrogens is 474 g/mol. The number of ether oxygens (including phenoxy) is 3. The van der Waals surface area contributed by atoms with Crippen LogP contribution in [-0.2, 0) is 16.0 Å². The van der Waals surface area contributed by atoms with Gasteiger partial charge in [0.2, 0.25) is 12.7 Å². The van der Waals surface area contributed by atoms with Crippen LogP contribution in [0.4, 0.5) is 0 Å². The first kappa shape index (κ1) is 26.8. The number of benzene rings is 2. The number of fused-ring (bicyclic) bond motifs is 1. The third kappa shape index (κ3) is 5.99. The molecule has 2 aromatic carbocycles. The average Bonchev–Trinajstić information content (AvgIpc) is 3.51. The Balaban J connectivity index is 1.66. The molecular formula is C28H37N3O6. The number of rotatable bonds is 12. The van der Waals surface area contributed by atoms with Gasteiger partial charge in [-0.15, -0.1) is 0 Å². The van der Waals surface area contributed by atoms with Crippen molar-refractivity contribution in [1.82, 2.24) is 9.80 Å². The second-order valence-electron chi connectivity index (χ2n) is 9.62. The van der Waals surface area contributed by atoms with Crippen LogP contribution in [0.1, 0.15) is 36.8 Å². The van der Waals surface area contributed by atoms with E-state index in [0.29, 0.717) is 49.8 Å². The third-order valence-corrected chi connectivity index (χ3v) is 7.35. The molecule has 2 aliphatic rings. The van der Waals surface area contributed by atoms with E-state index in [1.807, 2.05) is 47.4 Å². The van der Waals surface area contributed by atoms with E-state index in [4.69, 9.17) is 19.9 Å². The highest BCUT2D eigenvalue weighted by atomic mass is 16.7. The number of para-hydroxylation sites is 1. The number of hydrogen-bond donors (Lipinski definition) is 2. The number of nitrogens with zero attached hydrogens (tertiary/aromatic N) is 2. The van der Waals surface area contributed by atoms with E-state index in [9.17, 15) is 14.7 Å². The minimum atomic E-state index is -0.887. The Labute approximate surface area is 218 Å². The summed E-state index contributed by atoms with van der Waals surface area (Å²) in [5.41, 5.74) is 7.57. The Hall–Kier alpha value is -3.30. The molecule has 0 aromatic heterocycles. The van der Waals surface area contributed by atoms with Crippen LogP contribution in [0.3, 0.4) is 0 Å². The first-order valence-corrected chi connectivity index (χ1v) is 12.9. The number of carboxylic acids is 1. The van der Waals surface area contributed by atoms with E-state index in [0.717, 1.165) is 24.0 Å². The van der Waals surface area contributed by atoms with Crippen LogP contribution in [-0.4, -0.2) is 79.5 Å². The molecule has 9 heteroatoms. The number of aliphatic carboxylic acids is 1. The molecule has 2 aliphatic heterocycles. The van der Waals surface area contributed by atoms with Crippen molar-refractivity contribution >= 4 is 11.9 Å². The van der Waals surface area contributed by atoms with Crippen LogP contribution < -0.4 is 19.9 Å². The lowest BCUT2D eigenvalue weighted by Crippen LogP contribution is -2.46. The summed E-state index contributed by atoms with van der Waals surface area (Å²) in [6.07, 6.45) is 2.32. The molecule has 200 valence electrons. The number of methoxy groups -OCH3 is 1. The molecule has 1 amide bonds. The van der Waals surface area contributed by atoms with Crippen molar-refractivity contribution in [2.75, 3.05) is 46.6 Å². The van der Waals surface area contributed by atoms with Gasteiger partial charge < -0.3 is 30.0 Å². The maximum absolute atomic E-state index is 13.4. The summed E-state index contributed by atoms with van der Waals surface area (Å²) in [5.74, 6) is 0.0133. The van der Waals surface area contributed by atoms with Gasteiger partial charge in [-0.2, -0.15) is 0 Å². The smallest absolute Gasteiger partial charge is 0.308 e. The van der Waals surface area contributed by atoms with Crippen LogP contribution in [0.25, 0.3) is 0 Å². The molecule has 2 heterocycles. The van der Waals surface area contributed by atoms with Gasteiger partial charge in [-0.3, -0.25) is 14.5 Å². The van der Waals surface area contributed by atoms with Crippen molar-refractivity contribution in [2.24, 2.45) is 11.7 Å². The maximum Gasteiger partial charge on any atom is 0.308 e. The topological polar surface area (TPSA) is 115 Å².